The van der Waals surface area contributed by atoms with Crippen molar-refractivity contribution < 1.29 is 14.3 Å². The van der Waals surface area contributed by atoms with E-state index in [0.717, 1.165) is 44.0 Å². The summed E-state index contributed by atoms with van der Waals surface area (Å²) in [6.07, 6.45) is 15.1. The van der Waals surface area contributed by atoms with Gasteiger partial charge in [-0.25, -0.2) is 9.18 Å². The standard InChI is InChI=1S/C27H35FN2O3/c1-2-18(27(32)33)9-8-10-19-17-30(21-13-6-7-14-21)25-16-24(23(28)15-22(25)26(19)31)29-20-11-4-3-5-12-20/h9,15-17,20-21,29H,2-8,10-14H2,1H3,(H,32,33). The monoisotopic (exact) mass is 454 g/mol. The van der Waals surface area contributed by atoms with Gasteiger partial charge in [-0.15, -0.1) is 0 Å². The first-order chi connectivity index (χ1) is 16.0. The van der Waals surface area contributed by atoms with E-state index >= 15 is 4.39 Å². The average molecular weight is 455 g/mol. The highest BCUT2D eigenvalue weighted by Gasteiger charge is 2.22. The molecular formula is C27H35FN2O3. The fraction of sp³-hybridized carbons (Fsp3) is 0.556. The third-order valence-corrected chi connectivity index (χ3v) is 7.34. The van der Waals surface area contributed by atoms with Gasteiger partial charge in [0.25, 0.3) is 0 Å². The number of benzene rings is 1. The number of anilines is 1. The highest BCUT2D eigenvalue weighted by molar-refractivity contribution is 5.86. The minimum atomic E-state index is -0.917. The van der Waals surface area contributed by atoms with Crippen LogP contribution in [0.1, 0.15) is 89.2 Å². The summed E-state index contributed by atoms with van der Waals surface area (Å²) >= 11 is 0. The van der Waals surface area contributed by atoms with E-state index in [1.807, 2.05) is 19.2 Å². The summed E-state index contributed by atoms with van der Waals surface area (Å²) in [6.45, 7) is 1.81. The lowest BCUT2D eigenvalue weighted by Gasteiger charge is -2.25. The van der Waals surface area contributed by atoms with E-state index in [0.29, 0.717) is 47.5 Å². The van der Waals surface area contributed by atoms with Crippen LogP contribution in [-0.4, -0.2) is 21.7 Å². The molecule has 2 aromatic rings. The molecule has 0 saturated heterocycles. The summed E-state index contributed by atoms with van der Waals surface area (Å²) in [6, 6.07) is 3.83. The molecule has 5 nitrogen and oxygen atoms in total. The number of hydrogen-bond donors (Lipinski definition) is 2. The van der Waals surface area contributed by atoms with Crippen LogP contribution in [0, 0.1) is 5.82 Å². The molecule has 2 aliphatic carbocycles. The molecule has 0 spiro atoms. The van der Waals surface area contributed by atoms with E-state index in [2.05, 4.69) is 9.88 Å². The second-order valence-electron chi connectivity index (χ2n) is 9.58. The molecule has 2 saturated carbocycles. The quantitative estimate of drug-likeness (QED) is 0.456. The first-order valence-corrected chi connectivity index (χ1v) is 12.5. The number of aryl methyl sites for hydroxylation is 1. The minimum absolute atomic E-state index is 0.149. The number of pyridine rings is 1. The van der Waals surface area contributed by atoms with Crippen LogP contribution in [-0.2, 0) is 11.2 Å². The average Bonchev–Trinajstić information content (AvgIpc) is 3.34. The van der Waals surface area contributed by atoms with Gasteiger partial charge in [0.1, 0.15) is 5.82 Å². The molecule has 2 fully saturated rings. The van der Waals surface area contributed by atoms with Gasteiger partial charge in [0.15, 0.2) is 5.43 Å². The van der Waals surface area contributed by atoms with Gasteiger partial charge in [0.05, 0.1) is 11.2 Å². The number of aliphatic carboxylic acids is 1. The van der Waals surface area contributed by atoms with Crippen LogP contribution in [0.25, 0.3) is 10.9 Å². The summed E-state index contributed by atoms with van der Waals surface area (Å²) in [5.74, 6) is -1.29. The Labute approximate surface area is 194 Å². The Kier molecular flexibility index (Phi) is 7.51. The molecule has 6 heteroatoms. The summed E-state index contributed by atoms with van der Waals surface area (Å²) < 4.78 is 17.3. The second kappa shape index (κ2) is 10.5. The molecule has 1 aromatic heterocycles. The summed E-state index contributed by atoms with van der Waals surface area (Å²) in [5, 5.41) is 13.1. The van der Waals surface area contributed by atoms with E-state index in [1.165, 1.54) is 25.3 Å². The van der Waals surface area contributed by atoms with Gasteiger partial charge in [0, 0.05) is 34.8 Å². The van der Waals surface area contributed by atoms with Crippen molar-refractivity contribution in [1.82, 2.24) is 4.57 Å². The van der Waals surface area contributed by atoms with E-state index in [-0.39, 0.29) is 17.3 Å². The Hall–Kier alpha value is -2.63. The molecule has 2 aliphatic rings. The number of nitrogens with zero attached hydrogens (tertiary/aromatic N) is 1. The first kappa shape index (κ1) is 23.5. The molecule has 178 valence electrons. The molecule has 0 aliphatic heterocycles. The van der Waals surface area contributed by atoms with Gasteiger partial charge in [-0.2, -0.15) is 0 Å². The summed E-state index contributed by atoms with van der Waals surface area (Å²) in [5.41, 5.74) is 2.12. The molecule has 2 N–H and O–H groups in total. The van der Waals surface area contributed by atoms with Crippen molar-refractivity contribution in [2.75, 3.05) is 5.32 Å². The third kappa shape index (κ3) is 5.31. The highest BCUT2D eigenvalue weighted by Crippen LogP contribution is 2.34. The maximum Gasteiger partial charge on any atom is 0.331 e. The van der Waals surface area contributed by atoms with Crippen LogP contribution >= 0.6 is 0 Å². The zero-order chi connectivity index (χ0) is 23.4. The van der Waals surface area contributed by atoms with E-state index in [4.69, 9.17) is 0 Å². The Morgan fingerprint density at radius 2 is 1.85 bits per heavy atom. The van der Waals surface area contributed by atoms with E-state index < -0.39 is 5.97 Å². The van der Waals surface area contributed by atoms with Crippen LogP contribution < -0.4 is 10.7 Å². The maximum absolute atomic E-state index is 15.1. The van der Waals surface area contributed by atoms with E-state index in [9.17, 15) is 14.7 Å². The number of rotatable bonds is 8. The molecule has 1 heterocycles. The molecule has 0 amide bonds. The predicted octanol–water partition coefficient (Wildman–Crippen LogP) is 6.35. The molecule has 0 bridgehead atoms. The van der Waals surface area contributed by atoms with Crippen LogP contribution in [0.15, 0.2) is 34.8 Å². The van der Waals surface area contributed by atoms with Crippen molar-refractivity contribution in [3.05, 3.63) is 51.6 Å². The van der Waals surface area contributed by atoms with Gasteiger partial charge in [0.2, 0.25) is 0 Å². The normalized spacial score (nSPS) is 18.2. The Balaban J connectivity index is 1.71. The minimum Gasteiger partial charge on any atom is -0.478 e. The van der Waals surface area contributed by atoms with Crippen LogP contribution in [0.5, 0.6) is 0 Å². The predicted molar refractivity (Wildman–Crippen MR) is 130 cm³/mol. The van der Waals surface area contributed by atoms with Crippen LogP contribution in [0.3, 0.4) is 0 Å². The van der Waals surface area contributed by atoms with Crippen molar-refractivity contribution in [3.8, 4) is 0 Å². The molecule has 0 atom stereocenters. The third-order valence-electron chi connectivity index (χ3n) is 7.34. The van der Waals surface area contributed by atoms with Crippen LogP contribution in [0.4, 0.5) is 10.1 Å². The van der Waals surface area contributed by atoms with Crippen molar-refractivity contribution in [1.29, 1.82) is 0 Å². The number of hydrogen-bond acceptors (Lipinski definition) is 3. The maximum atomic E-state index is 15.1. The lowest BCUT2D eigenvalue weighted by Crippen LogP contribution is -2.23. The molecular weight excluding hydrogens is 419 g/mol. The fourth-order valence-corrected chi connectivity index (χ4v) is 5.45. The van der Waals surface area contributed by atoms with Crippen molar-refractivity contribution >= 4 is 22.6 Å². The number of aromatic nitrogens is 1. The number of halogens is 1. The zero-order valence-corrected chi connectivity index (χ0v) is 19.5. The van der Waals surface area contributed by atoms with Crippen molar-refractivity contribution in [2.45, 2.75) is 96.1 Å². The van der Waals surface area contributed by atoms with Gasteiger partial charge < -0.3 is 15.0 Å². The summed E-state index contributed by atoms with van der Waals surface area (Å²) in [7, 11) is 0. The van der Waals surface area contributed by atoms with Gasteiger partial charge in [-0.05, 0) is 57.1 Å². The lowest BCUT2D eigenvalue weighted by atomic mass is 9.95. The number of carbonyl (C=O) groups is 1. The second-order valence-corrected chi connectivity index (χ2v) is 9.58. The SMILES string of the molecule is CCC(=CCCc1cn(C2CCCC2)c2cc(NC3CCCCC3)c(F)cc2c1=O)C(=O)O. The number of allylic oxidation sites excluding steroid dienone is 1. The van der Waals surface area contributed by atoms with Crippen molar-refractivity contribution in [3.63, 3.8) is 0 Å². The molecule has 1 aromatic carbocycles. The smallest absolute Gasteiger partial charge is 0.331 e. The van der Waals surface area contributed by atoms with Gasteiger partial charge >= 0.3 is 5.97 Å². The Morgan fingerprint density at radius 1 is 1.15 bits per heavy atom. The topological polar surface area (TPSA) is 71.3 Å². The van der Waals surface area contributed by atoms with Crippen LogP contribution in [0.2, 0.25) is 0 Å². The molecule has 0 unspecified atom stereocenters. The summed E-state index contributed by atoms with van der Waals surface area (Å²) in [4.78, 5) is 24.6. The van der Waals surface area contributed by atoms with Crippen molar-refractivity contribution in [2.24, 2.45) is 0 Å². The number of nitrogens with one attached hydrogen (secondary N) is 1. The van der Waals surface area contributed by atoms with E-state index in [1.54, 1.807) is 6.08 Å². The molecule has 33 heavy (non-hydrogen) atoms. The molecule has 0 radical (unpaired) electrons. The first-order valence-electron chi connectivity index (χ1n) is 12.5. The largest absolute Gasteiger partial charge is 0.478 e. The molecule has 4 rings (SSSR count). The number of carboxylic acid groups (broad SMARTS) is 1. The number of carboxylic acids is 1. The fourth-order valence-electron chi connectivity index (χ4n) is 5.45. The van der Waals surface area contributed by atoms with Gasteiger partial charge in [-0.3, -0.25) is 4.79 Å². The Bertz CT molecular complexity index is 1090. The highest BCUT2D eigenvalue weighted by atomic mass is 19.1. The number of fused-ring (bicyclic) bond motifs is 1. The lowest BCUT2D eigenvalue weighted by molar-refractivity contribution is -0.132. The van der Waals surface area contributed by atoms with Gasteiger partial charge in [-0.1, -0.05) is 45.1 Å². The zero-order valence-electron chi connectivity index (χ0n) is 19.5. The Morgan fingerprint density at radius 3 is 2.52 bits per heavy atom.